The quantitative estimate of drug-likeness (QED) is 0.546. The maximum atomic E-state index is 13.0. The van der Waals surface area contributed by atoms with Gasteiger partial charge in [-0.05, 0) is 43.7 Å². The van der Waals surface area contributed by atoms with E-state index in [1.165, 1.54) is 11.0 Å². The summed E-state index contributed by atoms with van der Waals surface area (Å²) in [4.78, 5) is 27.2. The molecule has 0 saturated carbocycles. The lowest BCUT2D eigenvalue weighted by molar-refractivity contribution is -0.136. The van der Waals surface area contributed by atoms with Crippen LogP contribution in [0, 0.1) is 0 Å². The molecule has 1 heterocycles. The van der Waals surface area contributed by atoms with E-state index in [1.807, 2.05) is 26.0 Å². The fraction of sp³-hybridized carbons (Fsp3) is 0.217. The van der Waals surface area contributed by atoms with Gasteiger partial charge < -0.3 is 14.8 Å². The lowest BCUT2D eigenvalue weighted by atomic mass is 10.0. The van der Waals surface area contributed by atoms with Gasteiger partial charge in [-0.3, -0.25) is 14.5 Å². The number of nitrogens with zero attached hydrogens (tertiary/aromatic N) is 1. The SMILES string of the molecule is C=CCN1C(=O)C(Nc2ccccc2OC)=C(c2ccc(OC(C)C)cc2)C1=O. The van der Waals surface area contributed by atoms with Gasteiger partial charge in [-0.25, -0.2) is 0 Å². The molecular formula is C23H24N2O4. The van der Waals surface area contributed by atoms with Gasteiger partial charge in [-0.2, -0.15) is 0 Å². The molecule has 0 spiro atoms. The van der Waals surface area contributed by atoms with Crippen molar-refractivity contribution in [1.82, 2.24) is 4.90 Å². The number of anilines is 1. The van der Waals surface area contributed by atoms with Crippen molar-refractivity contribution in [2.24, 2.45) is 0 Å². The predicted molar refractivity (Wildman–Crippen MR) is 113 cm³/mol. The molecule has 1 aliphatic heterocycles. The van der Waals surface area contributed by atoms with E-state index in [-0.39, 0.29) is 24.3 Å². The van der Waals surface area contributed by atoms with Crippen molar-refractivity contribution in [3.63, 3.8) is 0 Å². The second-order valence-corrected chi connectivity index (χ2v) is 6.78. The molecule has 0 fully saturated rings. The summed E-state index contributed by atoms with van der Waals surface area (Å²) in [6.07, 6.45) is 1.57. The van der Waals surface area contributed by atoms with Gasteiger partial charge in [0.1, 0.15) is 17.2 Å². The second kappa shape index (κ2) is 8.65. The van der Waals surface area contributed by atoms with Crippen LogP contribution in [0.4, 0.5) is 5.69 Å². The minimum absolute atomic E-state index is 0.0422. The highest BCUT2D eigenvalue weighted by atomic mass is 16.5. The summed E-state index contributed by atoms with van der Waals surface area (Å²) in [6.45, 7) is 7.66. The van der Waals surface area contributed by atoms with Crippen LogP contribution in [0.15, 0.2) is 66.9 Å². The van der Waals surface area contributed by atoms with E-state index in [9.17, 15) is 9.59 Å². The fourth-order valence-corrected chi connectivity index (χ4v) is 3.11. The third-order valence-corrected chi connectivity index (χ3v) is 4.36. The summed E-state index contributed by atoms with van der Waals surface area (Å²) < 4.78 is 11.0. The van der Waals surface area contributed by atoms with Crippen LogP contribution in [0.3, 0.4) is 0 Å². The molecule has 0 aromatic heterocycles. The van der Waals surface area contributed by atoms with Crippen LogP contribution in [-0.2, 0) is 9.59 Å². The molecule has 2 aromatic rings. The lowest BCUT2D eigenvalue weighted by Gasteiger charge is -2.13. The first-order valence-electron chi connectivity index (χ1n) is 9.34. The Labute approximate surface area is 170 Å². The Morgan fingerprint density at radius 1 is 1.07 bits per heavy atom. The van der Waals surface area contributed by atoms with E-state index in [0.29, 0.717) is 28.3 Å². The number of para-hydroxylation sites is 2. The van der Waals surface area contributed by atoms with Gasteiger partial charge >= 0.3 is 0 Å². The van der Waals surface area contributed by atoms with Crippen molar-refractivity contribution in [3.05, 3.63) is 72.4 Å². The van der Waals surface area contributed by atoms with Crippen LogP contribution in [0.25, 0.3) is 5.57 Å². The zero-order chi connectivity index (χ0) is 21.0. The number of nitrogens with one attached hydrogen (secondary N) is 1. The van der Waals surface area contributed by atoms with Gasteiger partial charge in [-0.15, -0.1) is 6.58 Å². The van der Waals surface area contributed by atoms with E-state index in [1.54, 1.807) is 43.5 Å². The number of ether oxygens (including phenoxy) is 2. The fourth-order valence-electron chi connectivity index (χ4n) is 3.11. The molecule has 0 aliphatic carbocycles. The van der Waals surface area contributed by atoms with Crippen LogP contribution in [0.1, 0.15) is 19.4 Å². The molecule has 0 radical (unpaired) electrons. The van der Waals surface area contributed by atoms with Crippen molar-refractivity contribution in [2.45, 2.75) is 20.0 Å². The van der Waals surface area contributed by atoms with Crippen LogP contribution in [-0.4, -0.2) is 36.5 Å². The third kappa shape index (κ3) is 4.16. The minimum atomic E-state index is -0.404. The first-order valence-corrected chi connectivity index (χ1v) is 9.34. The second-order valence-electron chi connectivity index (χ2n) is 6.78. The molecule has 6 heteroatoms. The Balaban J connectivity index is 2.04. The number of imide groups is 1. The van der Waals surface area contributed by atoms with Crippen LogP contribution >= 0.6 is 0 Å². The van der Waals surface area contributed by atoms with Crippen molar-refractivity contribution in [1.29, 1.82) is 0 Å². The summed E-state index contributed by atoms with van der Waals surface area (Å²) in [6, 6.07) is 14.4. The van der Waals surface area contributed by atoms with Crippen molar-refractivity contribution in [3.8, 4) is 11.5 Å². The van der Waals surface area contributed by atoms with Gasteiger partial charge in [0.25, 0.3) is 11.8 Å². The first kappa shape index (κ1) is 20.2. The Bertz CT molecular complexity index is 961. The molecule has 2 amide bonds. The number of benzene rings is 2. The zero-order valence-corrected chi connectivity index (χ0v) is 16.8. The Morgan fingerprint density at radius 2 is 1.76 bits per heavy atom. The number of rotatable bonds is 8. The molecular weight excluding hydrogens is 368 g/mol. The van der Waals surface area contributed by atoms with E-state index in [4.69, 9.17) is 9.47 Å². The van der Waals surface area contributed by atoms with Crippen LogP contribution in [0.2, 0.25) is 0 Å². The molecule has 1 aliphatic rings. The number of hydrogen-bond donors (Lipinski definition) is 1. The normalized spacial score (nSPS) is 13.9. The van der Waals surface area contributed by atoms with Gasteiger partial charge in [0.2, 0.25) is 0 Å². The standard InChI is InChI=1S/C23H24N2O4/c1-5-14-25-22(26)20(16-10-12-17(13-11-16)29-15(2)3)21(23(25)27)24-18-8-6-7-9-19(18)28-4/h5-13,15,24H,1,14H2,2-4H3. The number of carbonyl (C=O) groups is 2. The average molecular weight is 392 g/mol. The maximum Gasteiger partial charge on any atom is 0.278 e. The topological polar surface area (TPSA) is 67.9 Å². The molecule has 6 nitrogen and oxygen atoms in total. The molecule has 0 unspecified atom stereocenters. The number of amides is 2. The Kier molecular flexibility index (Phi) is 6.02. The zero-order valence-electron chi connectivity index (χ0n) is 16.8. The first-order chi connectivity index (χ1) is 14.0. The number of hydrogen-bond acceptors (Lipinski definition) is 5. The van der Waals surface area contributed by atoms with E-state index in [0.717, 1.165) is 0 Å². The Hall–Kier alpha value is -3.54. The maximum absolute atomic E-state index is 13.0. The molecule has 29 heavy (non-hydrogen) atoms. The minimum Gasteiger partial charge on any atom is -0.495 e. The van der Waals surface area contributed by atoms with Crippen molar-refractivity contribution in [2.75, 3.05) is 19.0 Å². The largest absolute Gasteiger partial charge is 0.495 e. The molecule has 1 N–H and O–H groups in total. The van der Waals surface area contributed by atoms with Crippen LogP contribution < -0.4 is 14.8 Å². The highest BCUT2D eigenvalue weighted by molar-refractivity contribution is 6.36. The monoisotopic (exact) mass is 392 g/mol. The lowest BCUT2D eigenvalue weighted by Crippen LogP contribution is -2.32. The Morgan fingerprint density at radius 3 is 2.38 bits per heavy atom. The number of methoxy groups -OCH3 is 1. The average Bonchev–Trinajstić information content (AvgIpc) is 2.93. The molecule has 0 atom stereocenters. The smallest absolute Gasteiger partial charge is 0.278 e. The molecule has 3 rings (SSSR count). The van der Waals surface area contributed by atoms with Crippen LogP contribution in [0.5, 0.6) is 11.5 Å². The summed E-state index contributed by atoms with van der Waals surface area (Å²) in [5, 5.41) is 3.10. The summed E-state index contributed by atoms with van der Waals surface area (Å²) in [7, 11) is 1.55. The van der Waals surface area contributed by atoms with E-state index < -0.39 is 5.91 Å². The molecule has 150 valence electrons. The van der Waals surface area contributed by atoms with Gasteiger partial charge in [0, 0.05) is 6.54 Å². The van der Waals surface area contributed by atoms with Crippen molar-refractivity contribution >= 4 is 23.1 Å². The molecule has 0 saturated heterocycles. The molecule has 0 bridgehead atoms. The third-order valence-electron chi connectivity index (χ3n) is 4.36. The summed E-state index contributed by atoms with van der Waals surface area (Å²) in [5.74, 6) is 0.494. The highest BCUT2D eigenvalue weighted by Crippen LogP contribution is 2.33. The highest BCUT2D eigenvalue weighted by Gasteiger charge is 2.38. The van der Waals surface area contributed by atoms with E-state index >= 15 is 0 Å². The summed E-state index contributed by atoms with van der Waals surface area (Å²) >= 11 is 0. The van der Waals surface area contributed by atoms with Gasteiger partial charge in [-0.1, -0.05) is 30.3 Å². The van der Waals surface area contributed by atoms with Gasteiger partial charge in [0.15, 0.2) is 0 Å². The van der Waals surface area contributed by atoms with E-state index in [2.05, 4.69) is 11.9 Å². The summed E-state index contributed by atoms with van der Waals surface area (Å²) in [5.41, 5.74) is 1.74. The van der Waals surface area contributed by atoms with Gasteiger partial charge in [0.05, 0.1) is 24.5 Å². The number of carbonyl (C=O) groups excluding carboxylic acids is 2. The molecule has 2 aromatic carbocycles. The van der Waals surface area contributed by atoms with Crippen molar-refractivity contribution < 1.29 is 19.1 Å². The predicted octanol–water partition coefficient (Wildman–Crippen LogP) is 3.86.